The molecule has 1 aliphatic carbocycles. The largest absolute Gasteiger partial charge is 0.357 e. The lowest BCUT2D eigenvalue weighted by molar-refractivity contribution is 0.0779. The van der Waals surface area contributed by atoms with Gasteiger partial charge in [0.05, 0.1) is 0 Å². The third-order valence-electron chi connectivity index (χ3n) is 8.52. The number of hydrogen-bond donors (Lipinski definition) is 0. The van der Waals surface area contributed by atoms with Crippen LogP contribution in [0.5, 0.6) is 0 Å². The Labute approximate surface area is 193 Å². The van der Waals surface area contributed by atoms with Crippen LogP contribution in [0.15, 0.2) is 70.2 Å². The summed E-state index contributed by atoms with van der Waals surface area (Å²) in [7, 11) is 0. The van der Waals surface area contributed by atoms with Crippen LogP contribution in [0.3, 0.4) is 0 Å². The van der Waals surface area contributed by atoms with Gasteiger partial charge in [-0.1, -0.05) is 70.5 Å². The Morgan fingerprint density at radius 1 is 0.594 bits per heavy atom. The van der Waals surface area contributed by atoms with E-state index in [0.29, 0.717) is 0 Å². The minimum atomic E-state index is 0.129. The molecule has 152 valence electrons. The molecule has 2 unspecified atom stereocenters. The van der Waals surface area contributed by atoms with Crippen LogP contribution in [-0.4, -0.2) is 0 Å². The number of hydrogen-bond acceptors (Lipinski definition) is 1. The van der Waals surface area contributed by atoms with E-state index in [-0.39, 0.29) is 12.2 Å². The van der Waals surface area contributed by atoms with Gasteiger partial charge in [-0.3, -0.25) is 0 Å². The zero-order valence-corrected chi connectivity index (χ0v) is 19.1. The maximum atomic E-state index is 6.82. The first-order chi connectivity index (χ1) is 15.8. The molecule has 2 atom stereocenters. The maximum Gasteiger partial charge on any atom is 0.106 e. The fraction of sp³-hybridized carbons (Fsp3) is 0.200. The van der Waals surface area contributed by atoms with Crippen LogP contribution in [0.2, 0.25) is 0 Å². The van der Waals surface area contributed by atoms with Crippen molar-refractivity contribution in [3.8, 4) is 0 Å². The zero-order chi connectivity index (χ0) is 20.7. The van der Waals surface area contributed by atoms with Gasteiger partial charge in [0.25, 0.3) is 0 Å². The SMILES string of the molecule is Br/C1=C/CCC2=C(CC1)C1OC2c2c1c1ccc3ccc4ccc5ccc2c2c5c4c3c12. The molecule has 0 saturated heterocycles. The smallest absolute Gasteiger partial charge is 0.106 e. The number of ether oxygens (including phenoxy) is 1. The fourth-order valence-electron chi connectivity index (χ4n) is 7.32. The standard InChI is InChI=1S/C30H19BrO/c31-17-2-1-3-18-19(13-10-17)30-28-21-12-9-16-7-5-14-4-6-15-8-11-20(27(28)29(18)32-30)25-23(15)22(14)24(16)26(21)25/h2,4-9,11-12,29-30H,1,3,10,13H2/b17-2+. The number of rotatable bonds is 0. The summed E-state index contributed by atoms with van der Waals surface area (Å²) in [6, 6.07) is 18.6. The van der Waals surface area contributed by atoms with Gasteiger partial charge in [0.15, 0.2) is 0 Å². The second kappa shape index (κ2) is 5.44. The van der Waals surface area contributed by atoms with E-state index < -0.39 is 0 Å². The van der Waals surface area contributed by atoms with Gasteiger partial charge in [-0.05, 0) is 106 Å². The molecule has 2 heteroatoms. The molecule has 3 aliphatic rings. The lowest BCUT2D eigenvalue weighted by atomic mass is 9.77. The summed E-state index contributed by atoms with van der Waals surface area (Å²) in [6.45, 7) is 0. The Bertz CT molecular complexity index is 1820. The van der Waals surface area contributed by atoms with Crippen molar-refractivity contribution in [3.05, 3.63) is 81.4 Å². The molecular weight excluding hydrogens is 456 g/mol. The Morgan fingerprint density at radius 3 is 1.69 bits per heavy atom. The fourth-order valence-corrected chi connectivity index (χ4v) is 7.74. The van der Waals surface area contributed by atoms with E-state index in [1.165, 1.54) is 69.5 Å². The first kappa shape index (κ1) is 16.9. The molecule has 0 radical (unpaired) electrons. The zero-order valence-electron chi connectivity index (χ0n) is 17.5. The summed E-state index contributed by atoms with van der Waals surface area (Å²) in [4.78, 5) is 0. The number of allylic oxidation sites excluding steroid dienone is 2. The molecule has 6 aromatic rings. The second-order valence-corrected chi connectivity index (χ2v) is 10.9. The van der Waals surface area contributed by atoms with Crippen LogP contribution in [0, 0.1) is 0 Å². The van der Waals surface area contributed by atoms with Gasteiger partial charge >= 0.3 is 0 Å². The van der Waals surface area contributed by atoms with Crippen molar-refractivity contribution >= 4 is 69.8 Å². The summed E-state index contributed by atoms with van der Waals surface area (Å²) >= 11 is 3.77. The van der Waals surface area contributed by atoms with Crippen molar-refractivity contribution in [2.45, 2.75) is 37.9 Å². The highest BCUT2D eigenvalue weighted by Gasteiger charge is 2.46. The third kappa shape index (κ3) is 1.74. The van der Waals surface area contributed by atoms with Crippen LogP contribution in [0.4, 0.5) is 0 Å². The lowest BCUT2D eigenvalue weighted by Gasteiger charge is -2.24. The van der Waals surface area contributed by atoms with Gasteiger partial charge in [-0.15, -0.1) is 0 Å². The highest BCUT2D eigenvalue weighted by molar-refractivity contribution is 9.11. The molecule has 0 aromatic heterocycles. The predicted octanol–water partition coefficient (Wildman–Crippen LogP) is 9.04. The van der Waals surface area contributed by atoms with E-state index in [1.54, 1.807) is 11.1 Å². The third-order valence-corrected chi connectivity index (χ3v) is 9.24. The molecule has 2 aliphatic heterocycles. The quantitative estimate of drug-likeness (QED) is 0.157. The minimum Gasteiger partial charge on any atom is -0.357 e. The maximum absolute atomic E-state index is 6.82. The van der Waals surface area contributed by atoms with Gasteiger partial charge in [0.2, 0.25) is 0 Å². The van der Waals surface area contributed by atoms with Gasteiger partial charge in [0.1, 0.15) is 12.2 Å². The minimum absolute atomic E-state index is 0.129. The second-order valence-electron chi connectivity index (χ2n) is 9.87. The number of benzene rings is 5. The molecule has 0 saturated carbocycles. The van der Waals surface area contributed by atoms with Crippen LogP contribution in [0.1, 0.15) is 49.0 Å². The molecule has 0 fully saturated rings. The van der Waals surface area contributed by atoms with Crippen molar-refractivity contribution in [1.29, 1.82) is 0 Å². The van der Waals surface area contributed by atoms with Gasteiger partial charge < -0.3 is 4.74 Å². The lowest BCUT2D eigenvalue weighted by Crippen LogP contribution is -2.08. The summed E-state index contributed by atoms with van der Waals surface area (Å²) in [5, 5.41) is 14.3. The number of halogens is 1. The van der Waals surface area contributed by atoms with Gasteiger partial charge in [-0.25, -0.2) is 0 Å². The first-order valence-electron chi connectivity index (χ1n) is 11.7. The Kier molecular flexibility index (Phi) is 2.87. The Balaban J connectivity index is 1.47. The van der Waals surface area contributed by atoms with Gasteiger partial charge in [-0.2, -0.15) is 0 Å². The van der Waals surface area contributed by atoms with Crippen molar-refractivity contribution in [3.63, 3.8) is 0 Å². The summed E-state index contributed by atoms with van der Waals surface area (Å²) in [6.07, 6.45) is 7.02. The van der Waals surface area contributed by atoms with Crippen LogP contribution < -0.4 is 0 Å². The average molecular weight is 475 g/mol. The topological polar surface area (TPSA) is 9.23 Å². The highest BCUT2D eigenvalue weighted by atomic mass is 79.9. The van der Waals surface area contributed by atoms with Gasteiger partial charge in [0, 0.05) is 0 Å². The molecule has 2 heterocycles. The molecule has 9 rings (SSSR count). The van der Waals surface area contributed by atoms with E-state index in [4.69, 9.17) is 4.74 Å². The molecule has 6 aromatic carbocycles. The highest BCUT2D eigenvalue weighted by Crippen LogP contribution is 2.62. The molecule has 1 nitrogen and oxygen atoms in total. The molecule has 0 amide bonds. The van der Waals surface area contributed by atoms with E-state index in [1.807, 2.05) is 0 Å². The van der Waals surface area contributed by atoms with Crippen molar-refractivity contribution in [2.24, 2.45) is 0 Å². The van der Waals surface area contributed by atoms with Crippen LogP contribution in [-0.2, 0) is 4.74 Å². The average Bonchev–Trinajstić information content (AvgIpc) is 3.47. The molecule has 0 spiro atoms. The molecule has 0 N–H and O–H groups in total. The normalized spacial score (nSPS) is 24.8. The summed E-state index contributed by atoms with van der Waals surface area (Å²) in [5.74, 6) is 0. The summed E-state index contributed by atoms with van der Waals surface area (Å²) < 4.78 is 8.17. The Morgan fingerprint density at radius 2 is 1.09 bits per heavy atom. The van der Waals surface area contributed by atoms with E-state index in [9.17, 15) is 0 Å². The van der Waals surface area contributed by atoms with Crippen LogP contribution in [0.25, 0.3) is 53.9 Å². The monoisotopic (exact) mass is 474 g/mol. The Hall–Kier alpha value is -2.68. The predicted molar refractivity (Wildman–Crippen MR) is 137 cm³/mol. The van der Waals surface area contributed by atoms with Crippen molar-refractivity contribution < 1.29 is 4.74 Å². The number of fused-ring (bicyclic) bond motifs is 9. The molecular formula is C30H19BrO. The van der Waals surface area contributed by atoms with E-state index in [2.05, 4.69) is 70.5 Å². The molecule has 2 bridgehead atoms. The first-order valence-corrected chi connectivity index (χ1v) is 12.5. The van der Waals surface area contributed by atoms with Crippen molar-refractivity contribution in [1.82, 2.24) is 0 Å². The van der Waals surface area contributed by atoms with E-state index >= 15 is 0 Å². The van der Waals surface area contributed by atoms with Crippen molar-refractivity contribution in [2.75, 3.05) is 0 Å². The summed E-state index contributed by atoms with van der Waals surface area (Å²) in [5.41, 5.74) is 6.05. The van der Waals surface area contributed by atoms with Crippen LogP contribution >= 0.6 is 15.9 Å². The molecule has 32 heavy (non-hydrogen) atoms. The van der Waals surface area contributed by atoms with E-state index in [0.717, 1.165) is 25.7 Å².